The lowest BCUT2D eigenvalue weighted by Gasteiger charge is -2.07. The van der Waals surface area contributed by atoms with E-state index in [4.69, 9.17) is 0 Å². The Hall–Kier alpha value is -2.87. The topological polar surface area (TPSA) is 91.1 Å². The van der Waals surface area contributed by atoms with Crippen LogP contribution in [0.4, 0.5) is 10.1 Å². The zero-order valence-corrected chi connectivity index (χ0v) is 17.2. The van der Waals surface area contributed by atoms with Gasteiger partial charge in [0.25, 0.3) is 5.91 Å². The molecule has 0 unspecified atom stereocenters. The van der Waals surface area contributed by atoms with Crippen molar-refractivity contribution in [3.8, 4) is 0 Å². The van der Waals surface area contributed by atoms with Crippen molar-refractivity contribution in [3.63, 3.8) is 0 Å². The number of unbranched alkanes of at least 4 members (excludes halogenated alkanes) is 1. The number of rotatable bonds is 8. The molecule has 2 aromatic carbocycles. The molecule has 0 aliphatic carbocycles. The van der Waals surface area contributed by atoms with Crippen molar-refractivity contribution in [3.05, 3.63) is 65.1 Å². The number of H-pyrrole nitrogens is 1. The molecule has 0 bridgehead atoms. The summed E-state index contributed by atoms with van der Waals surface area (Å²) in [6.07, 6.45) is 1.39. The quantitative estimate of drug-likeness (QED) is 0.516. The summed E-state index contributed by atoms with van der Waals surface area (Å²) in [6.45, 7) is 3.94. The molecule has 0 aliphatic heterocycles. The molecule has 0 aliphatic rings. The summed E-state index contributed by atoms with van der Waals surface area (Å²) in [6, 6.07) is 11.2. The molecule has 0 radical (unpaired) electrons. The summed E-state index contributed by atoms with van der Waals surface area (Å²) >= 11 is 0. The maximum atomic E-state index is 13.3. The molecule has 0 saturated carbocycles. The first-order chi connectivity index (χ1) is 13.8. The lowest BCUT2D eigenvalue weighted by atomic mass is 10.1. The molecule has 1 aromatic heterocycles. The normalized spacial score (nSPS) is 11.6. The summed E-state index contributed by atoms with van der Waals surface area (Å²) in [5, 5.41) is 3.53. The standard InChI is InChI=1S/C21H24FN3O3S/c1-3-4-10-29(27,28)25-17-8-9-19-18(12-17)14(2)20(24-19)21(26)23-13-15-6-5-7-16(22)11-15/h5-9,11-12,24-25H,3-4,10,13H2,1-2H3,(H,23,26). The molecule has 29 heavy (non-hydrogen) atoms. The number of aromatic amines is 1. The first-order valence-corrected chi connectivity index (χ1v) is 11.1. The molecular weight excluding hydrogens is 393 g/mol. The van der Waals surface area contributed by atoms with Crippen LogP contribution < -0.4 is 10.0 Å². The fourth-order valence-electron chi connectivity index (χ4n) is 3.10. The number of carbonyl (C=O) groups is 1. The lowest BCUT2D eigenvalue weighted by Crippen LogP contribution is -2.23. The summed E-state index contributed by atoms with van der Waals surface area (Å²) < 4.78 is 40.1. The van der Waals surface area contributed by atoms with E-state index < -0.39 is 10.0 Å². The monoisotopic (exact) mass is 417 g/mol. The van der Waals surface area contributed by atoms with Gasteiger partial charge < -0.3 is 10.3 Å². The van der Waals surface area contributed by atoms with Crippen LogP contribution in [0.3, 0.4) is 0 Å². The van der Waals surface area contributed by atoms with Gasteiger partial charge in [-0.3, -0.25) is 9.52 Å². The SMILES string of the molecule is CCCCS(=O)(=O)Nc1ccc2[nH]c(C(=O)NCc3cccc(F)c3)c(C)c2c1. The number of halogens is 1. The Morgan fingerprint density at radius 3 is 2.69 bits per heavy atom. The molecule has 154 valence electrons. The smallest absolute Gasteiger partial charge is 0.268 e. The average molecular weight is 418 g/mol. The second kappa shape index (κ2) is 8.65. The second-order valence-electron chi connectivity index (χ2n) is 6.97. The Bertz CT molecular complexity index is 1140. The van der Waals surface area contributed by atoms with Crippen LogP contribution in [-0.2, 0) is 16.6 Å². The van der Waals surface area contributed by atoms with Gasteiger partial charge in [-0.2, -0.15) is 0 Å². The van der Waals surface area contributed by atoms with E-state index in [1.807, 2.05) is 6.92 Å². The van der Waals surface area contributed by atoms with Crippen LogP contribution >= 0.6 is 0 Å². The van der Waals surface area contributed by atoms with Crippen molar-refractivity contribution < 1.29 is 17.6 Å². The maximum Gasteiger partial charge on any atom is 0.268 e. The van der Waals surface area contributed by atoms with Gasteiger partial charge in [-0.05, 0) is 54.8 Å². The van der Waals surface area contributed by atoms with Crippen LogP contribution in [-0.4, -0.2) is 25.1 Å². The fourth-order valence-corrected chi connectivity index (χ4v) is 4.36. The van der Waals surface area contributed by atoms with Crippen molar-refractivity contribution >= 4 is 32.5 Å². The number of hydrogen-bond donors (Lipinski definition) is 3. The molecule has 1 amide bonds. The van der Waals surface area contributed by atoms with Crippen molar-refractivity contribution in [2.45, 2.75) is 33.2 Å². The molecule has 3 aromatic rings. The minimum Gasteiger partial charge on any atom is -0.350 e. The van der Waals surface area contributed by atoms with E-state index in [-0.39, 0.29) is 24.0 Å². The predicted molar refractivity (Wildman–Crippen MR) is 113 cm³/mol. The largest absolute Gasteiger partial charge is 0.350 e. The number of anilines is 1. The van der Waals surface area contributed by atoms with E-state index in [1.165, 1.54) is 12.1 Å². The number of fused-ring (bicyclic) bond motifs is 1. The van der Waals surface area contributed by atoms with Gasteiger partial charge in [-0.25, -0.2) is 12.8 Å². The number of aromatic nitrogens is 1. The molecule has 8 heteroatoms. The Morgan fingerprint density at radius 1 is 1.17 bits per heavy atom. The van der Waals surface area contributed by atoms with Crippen molar-refractivity contribution in [2.24, 2.45) is 0 Å². The van der Waals surface area contributed by atoms with E-state index in [0.717, 1.165) is 17.3 Å². The van der Waals surface area contributed by atoms with Gasteiger partial charge in [0.1, 0.15) is 11.5 Å². The molecule has 0 fully saturated rings. The number of nitrogens with one attached hydrogen (secondary N) is 3. The highest BCUT2D eigenvalue weighted by Crippen LogP contribution is 2.25. The molecule has 0 spiro atoms. The van der Waals surface area contributed by atoms with Gasteiger partial charge in [0, 0.05) is 23.1 Å². The summed E-state index contributed by atoms with van der Waals surface area (Å²) in [7, 11) is -3.40. The van der Waals surface area contributed by atoms with Gasteiger partial charge >= 0.3 is 0 Å². The zero-order chi connectivity index (χ0) is 21.0. The summed E-state index contributed by atoms with van der Waals surface area (Å²) in [5.41, 5.74) is 2.96. The minimum absolute atomic E-state index is 0.0708. The van der Waals surface area contributed by atoms with Gasteiger partial charge in [0.15, 0.2) is 0 Å². The third-order valence-electron chi connectivity index (χ3n) is 4.67. The zero-order valence-electron chi connectivity index (χ0n) is 16.4. The van der Waals surface area contributed by atoms with Gasteiger partial charge in [0.05, 0.1) is 5.75 Å². The van der Waals surface area contributed by atoms with Crippen molar-refractivity contribution in [2.75, 3.05) is 10.5 Å². The Kier molecular flexibility index (Phi) is 6.22. The van der Waals surface area contributed by atoms with Crippen molar-refractivity contribution in [1.29, 1.82) is 0 Å². The van der Waals surface area contributed by atoms with Gasteiger partial charge in [-0.15, -0.1) is 0 Å². The predicted octanol–water partition coefficient (Wildman–Crippen LogP) is 4.09. The molecule has 1 heterocycles. The van der Waals surface area contributed by atoms with E-state index >= 15 is 0 Å². The van der Waals surface area contributed by atoms with Crippen LogP contribution in [0.1, 0.15) is 41.4 Å². The first kappa shape index (κ1) is 20.9. The van der Waals surface area contributed by atoms with Crippen LogP contribution in [0.15, 0.2) is 42.5 Å². The van der Waals surface area contributed by atoms with Crippen LogP contribution in [0, 0.1) is 12.7 Å². The molecule has 6 nitrogen and oxygen atoms in total. The number of sulfonamides is 1. The lowest BCUT2D eigenvalue weighted by molar-refractivity contribution is 0.0946. The highest BCUT2D eigenvalue weighted by atomic mass is 32.2. The van der Waals surface area contributed by atoms with E-state index in [1.54, 1.807) is 37.3 Å². The number of aryl methyl sites for hydroxylation is 1. The highest BCUT2D eigenvalue weighted by molar-refractivity contribution is 7.92. The minimum atomic E-state index is -3.40. The third kappa shape index (κ3) is 5.14. The highest BCUT2D eigenvalue weighted by Gasteiger charge is 2.16. The number of hydrogen-bond acceptors (Lipinski definition) is 3. The maximum absolute atomic E-state index is 13.3. The van der Waals surface area contributed by atoms with Crippen molar-refractivity contribution in [1.82, 2.24) is 10.3 Å². The Morgan fingerprint density at radius 2 is 1.97 bits per heavy atom. The van der Waals surface area contributed by atoms with E-state index in [0.29, 0.717) is 28.9 Å². The average Bonchev–Trinajstić information content (AvgIpc) is 3.01. The number of benzene rings is 2. The third-order valence-corrected chi connectivity index (χ3v) is 6.04. The van der Waals surface area contributed by atoms with Gasteiger partial charge in [-0.1, -0.05) is 25.5 Å². The van der Waals surface area contributed by atoms with Crippen LogP contribution in [0.25, 0.3) is 10.9 Å². The van der Waals surface area contributed by atoms with Crippen LogP contribution in [0.5, 0.6) is 0 Å². The summed E-state index contributed by atoms with van der Waals surface area (Å²) in [4.78, 5) is 15.7. The number of carbonyl (C=O) groups excluding carboxylic acids is 1. The molecule has 0 atom stereocenters. The van der Waals surface area contributed by atoms with Gasteiger partial charge in [0.2, 0.25) is 10.0 Å². The molecular formula is C21H24FN3O3S. The van der Waals surface area contributed by atoms with Crippen LogP contribution in [0.2, 0.25) is 0 Å². The molecule has 3 rings (SSSR count). The fraction of sp³-hybridized carbons (Fsp3) is 0.286. The van der Waals surface area contributed by atoms with E-state index in [2.05, 4.69) is 15.0 Å². The Balaban J connectivity index is 1.77. The molecule has 0 saturated heterocycles. The second-order valence-corrected chi connectivity index (χ2v) is 8.81. The van der Waals surface area contributed by atoms with E-state index in [9.17, 15) is 17.6 Å². The Labute approximate surface area is 169 Å². The summed E-state index contributed by atoms with van der Waals surface area (Å²) in [5.74, 6) is -0.595. The number of amides is 1. The molecule has 3 N–H and O–H groups in total. The first-order valence-electron chi connectivity index (χ1n) is 9.44.